The van der Waals surface area contributed by atoms with Crippen molar-refractivity contribution in [2.24, 2.45) is 0 Å². The van der Waals surface area contributed by atoms with E-state index in [1.54, 1.807) is 26.8 Å². The van der Waals surface area contributed by atoms with Gasteiger partial charge in [0.25, 0.3) is 5.69 Å². The van der Waals surface area contributed by atoms with Gasteiger partial charge in [0.05, 0.1) is 17.0 Å². The summed E-state index contributed by atoms with van der Waals surface area (Å²) >= 11 is 7.78. The van der Waals surface area contributed by atoms with Crippen molar-refractivity contribution >= 4 is 50.3 Å². The Morgan fingerprint density at radius 3 is 2.58 bits per heavy atom. The van der Waals surface area contributed by atoms with Gasteiger partial charge in [0.2, 0.25) is 0 Å². The molecule has 0 saturated heterocycles. The summed E-state index contributed by atoms with van der Waals surface area (Å²) in [5, 5.41) is 24.3. The van der Waals surface area contributed by atoms with Crippen molar-refractivity contribution < 1.29 is 13.9 Å². The molecule has 0 saturated carbocycles. The monoisotopic (exact) mass is 530 g/mol. The third-order valence-electron chi connectivity index (χ3n) is 4.27. The van der Waals surface area contributed by atoms with Crippen molar-refractivity contribution in [1.29, 1.82) is 5.26 Å². The van der Waals surface area contributed by atoms with Crippen LogP contribution in [0.1, 0.15) is 38.8 Å². The van der Waals surface area contributed by atoms with Crippen LogP contribution >= 0.6 is 27.5 Å². The van der Waals surface area contributed by atoms with Gasteiger partial charge in [0.1, 0.15) is 22.3 Å². The van der Waals surface area contributed by atoms with Crippen LogP contribution in [0.15, 0.2) is 40.9 Å². The van der Waals surface area contributed by atoms with Gasteiger partial charge in [-0.3, -0.25) is 10.1 Å². The molecular weight excluding hydrogens is 511 g/mol. The Bertz CT molecular complexity index is 979. The van der Waals surface area contributed by atoms with Crippen LogP contribution in [0.2, 0.25) is 5.02 Å². The van der Waals surface area contributed by atoms with E-state index in [0.29, 0.717) is 4.47 Å². The summed E-state index contributed by atoms with van der Waals surface area (Å²) < 4.78 is 29.8. The molecule has 0 bridgehead atoms. The van der Waals surface area contributed by atoms with E-state index in [0.717, 1.165) is 0 Å². The van der Waals surface area contributed by atoms with Crippen LogP contribution in [0.4, 0.5) is 15.8 Å². The van der Waals surface area contributed by atoms with Gasteiger partial charge in [0.15, 0.2) is 0 Å². The van der Waals surface area contributed by atoms with Crippen molar-refractivity contribution in [2.45, 2.75) is 44.0 Å². The van der Waals surface area contributed by atoms with Gasteiger partial charge in [0, 0.05) is 38.9 Å². The normalized spacial score (nSPS) is 14.4. The van der Waals surface area contributed by atoms with Crippen LogP contribution in [-0.2, 0) is 11.4 Å². The van der Waals surface area contributed by atoms with Gasteiger partial charge in [-0.15, -0.1) is 4.72 Å². The van der Waals surface area contributed by atoms with Crippen molar-refractivity contribution in [2.75, 3.05) is 5.32 Å². The summed E-state index contributed by atoms with van der Waals surface area (Å²) in [5.41, 5.74) is 0.00764. The molecule has 7 nitrogen and oxygen atoms in total. The zero-order valence-corrected chi connectivity index (χ0v) is 20.1. The Morgan fingerprint density at radius 1 is 1.35 bits per heavy atom. The third-order valence-corrected chi connectivity index (χ3v) is 6.80. The highest BCUT2D eigenvalue weighted by atomic mass is 79.9. The van der Waals surface area contributed by atoms with E-state index in [4.69, 9.17) is 11.6 Å². The number of nitro benzene ring substituents is 1. The van der Waals surface area contributed by atoms with E-state index in [1.807, 2.05) is 6.07 Å². The first-order chi connectivity index (χ1) is 14.4. The van der Waals surface area contributed by atoms with E-state index in [9.17, 15) is 24.3 Å². The quantitative estimate of drug-likeness (QED) is 0.259. The molecule has 3 atom stereocenters. The molecule has 0 spiro atoms. The van der Waals surface area contributed by atoms with Crippen LogP contribution < -0.4 is 10.0 Å². The molecule has 0 aromatic heterocycles. The van der Waals surface area contributed by atoms with E-state index in [1.165, 1.54) is 30.3 Å². The Kier molecular flexibility index (Phi) is 8.68. The lowest BCUT2D eigenvalue weighted by molar-refractivity contribution is -0.384. The summed E-state index contributed by atoms with van der Waals surface area (Å²) in [6.07, 6.45) is -0.0263. The van der Waals surface area contributed by atoms with E-state index in [2.05, 4.69) is 26.0 Å². The number of rotatable bonds is 8. The summed E-state index contributed by atoms with van der Waals surface area (Å²) in [5.74, 6) is -0.565. The van der Waals surface area contributed by atoms with Crippen LogP contribution in [0.3, 0.4) is 0 Å². The van der Waals surface area contributed by atoms with Crippen LogP contribution in [-0.4, -0.2) is 20.3 Å². The van der Waals surface area contributed by atoms with Gasteiger partial charge in [-0.25, -0.2) is 4.39 Å². The Labute approximate surface area is 196 Å². The Balaban J connectivity index is 2.47. The first-order valence-corrected chi connectivity index (χ1v) is 11.5. The average Bonchev–Trinajstić information content (AvgIpc) is 2.66. The third kappa shape index (κ3) is 6.79. The standard InChI is InChI=1S/C20H21BrClFN4O3S/c1-20(2,3)31(30)26-13(11-24)10-17(19-14(21)5-4-6-15(19)23)25-16-9-12(22)7-8-18(16)27(28)29/h4-9,13,17,25-26H,10H2,1-3H3/t13?,17-,31-/m1/s1. The number of hydrogen-bond donors (Lipinski definition) is 2. The van der Waals surface area contributed by atoms with Crippen molar-refractivity contribution in [3.63, 3.8) is 0 Å². The maximum absolute atomic E-state index is 14.8. The SMILES string of the molecule is CC(C)(C)[S@@+]([O-])NC(C#N)C[C@@H](Nc1cc(Cl)ccc1[N+](=O)[O-])c1c(F)cccc1Br. The van der Waals surface area contributed by atoms with Gasteiger partial charge >= 0.3 is 0 Å². The molecule has 0 radical (unpaired) electrons. The molecule has 2 aromatic carbocycles. The number of hydrogen-bond acceptors (Lipinski definition) is 6. The van der Waals surface area contributed by atoms with E-state index in [-0.39, 0.29) is 28.4 Å². The zero-order chi connectivity index (χ0) is 23.3. The maximum atomic E-state index is 14.8. The van der Waals surface area contributed by atoms with Gasteiger partial charge in [-0.05, 0) is 45.0 Å². The van der Waals surface area contributed by atoms with Gasteiger partial charge < -0.3 is 9.87 Å². The second kappa shape index (κ2) is 10.6. The molecule has 0 aliphatic rings. The van der Waals surface area contributed by atoms with Gasteiger partial charge in [-0.2, -0.15) is 5.26 Å². The Hall–Kier alpha value is -1.90. The van der Waals surface area contributed by atoms with Crippen molar-refractivity contribution in [1.82, 2.24) is 4.72 Å². The second-order valence-corrected chi connectivity index (χ2v) is 11.0. The van der Waals surface area contributed by atoms with E-state index < -0.39 is 38.9 Å². The molecule has 11 heteroatoms. The number of benzene rings is 2. The number of nitrogens with zero attached hydrogens (tertiary/aromatic N) is 2. The minimum atomic E-state index is -1.55. The highest BCUT2D eigenvalue weighted by Gasteiger charge is 2.32. The minimum absolute atomic E-state index is 0.0263. The molecule has 0 heterocycles. The number of nitrogens with one attached hydrogen (secondary N) is 2. The fourth-order valence-corrected chi connectivity index (χ4v) is 4.28. The lowest BCUT2D eigenvalue weighted by Gasteiger charge is -2.28. The average molecular weight is 532 g/mol. The summed E-state index contributed by atoms with van der Waals surface area (Å²) in [6, 6.07) is 8.61. The number of halogens is 3. The Morgan fingerprint density at radius 2 is 2.03 bits per heavy atom. The molecule has 0 amide bonds. The predicted molar refractivity (Wildman–Crippen MR) is 124 cm³/mol. The lowest BCUT2D eigenvalue weighted by Crippen LogP contribution is -2.45. The van der Waals surface area contributed by atoms with E-state index >= 15 is 0 Å². The molecule has 2 aromatic rings. The van der Waals surface area contributed by atoms with Crippen LogP contribution in [0, 0.1) is 27.3 Å². The number of anilines is 1. The van der Waals surface area contributed by atoms with Crippen molar-refractivity contribution in [3.05, 3.63) is 67.4 Å². The summed E-state index contributed by atoms with van der Waals surface area (Å²) in [7, 11) is 0. The highest BCUT2D eigenvalue weighted by Crippen LogP contribution is 2.36. The first kappa shape index (κ1) is 25.4. The summed E-state index contributed by atoms with van der Waals surface area (Å²) in [6.45, 7) is 5.26. The minimum Gasteiger partial charge on any atom is -0.598 e. The highest BCUT2D eigenvalue weighted by molar-refractivity contribution is 9.10. The largest absolute Gasteiger partial charge is 0.598 e. The molecular formula is C20H21BrClFN4O3S. The smallest absolute Gasteiger partial charge is 0.292 e. The molecule has 2 N–H and O–H groups in total. The molecule has 0 aliphatic carbocycles. The fraction of sp³-hybridized carbons (Fsp3) is 0.350. The number of nitriles is 1. The molecule has 166 valence electrons. The lowest BCUT2D eigenvalue weighted by atomic mass is 9.99. The number of nitro groups is 1. The van der Waals surface area contributed by atoms with Crippen molar-refractivity contribution in [3.8, 4) is 6.07 Å². The fourth-order valence-electron chi connectivity index (χ4n) is 2.73. The molecule has 1 unspecified atom stereocenters. The molecule has 31 heavy (non-hydrogen) atoms. The second-order valence-electron chi connectivity index (χ2n) is 7.67. The first-order valence-electron chi connectivity index (χ1n) is 9.16. The predicted octanol–water partition coefficient (Wildman–Crippen LogP) is 5.64. The van der Waals surface area contributed by atoms with Crippen LogP contribution in [0.25, 0.3) is 0 Å². The zero-order valence-electron chi connectivity index (χ0n) is 17.0. The van der Waals surface area contributed by atoms with Crippen LogP contribution in [0.5, 0.6) is 0 Å². The maximum Gasteiger partial charge on any atom is 0.292 e. The molecule has 0 aliphatic heterocycles. The van der Waals surface area contributed by atoms with Gasteiger partial charge in [-0.1, -0.05) is 33.6 Å². The topological polar surface area (TPSA) is 114 Å². The molecule has 0 fully saturated rings. The summed E-state index contributed by atoms with van der Waals surface area (Å²) in [4.78, 5) is 10.9. The molecule has 2 rings (SSSR count).